The molecular formula is C21H17ClN4O2S. The van der Waals surface area contributed by atoms with Crippen molar-refractivity contribution < 1.29 is 9.53 Å². The molecule has 0 aliphatic carbocycles. The number of primary amides is 1. The third-order valence-corrected chi connectivity index (χ3v) is 5.71. The number of halogens is 1. The Bertz CT molecular complexity index is 1190. The molecule has 4 aromatic rings. The molecular weight excluding hydrogens is 408 g/mol. The molecule has 2 heterocycles. The molecule has 29 heavy (non-hydrogen) atoms. The van der Waals surface area contributed by atoms with E-state index in [0.717, 1.165) is 26.8 Å². The summed E-state index contributed by atoms with van der Waals surface area (Å²) in [6, 6.07) is 13.1. The number of fused-ring (bicyclic) bond motifs is 1. The minimum absolute atomic E-state index is 0.316. The quantitative estimate of drug-likeness (QED) is 0.500. The van der Waals surface area contributed by atoms with Gasteiger partial charge >= 0.3 is 0 Å². The molecule has 0 saturated carbocycles. The molecule has 0 aliphatic rings. The Morgan fingerprint density at radius 3 is 2.59 bits per heavy atom. The lowest BCUT2D eigenvalue weighted by Crippen LogP contribution is -2.11. The minimum Gasteiger partial charge on any atom is -0.497 e. The van der Waals surface area contributed by atoms with Gasteiger partial charge in [-0.05, 0) is 47.5 Å². The first-order valence-electron chi connectivity index (χ1n) is 8.75. The van der Waals surface area contributed by atoms with Gasteiger partial charge in [-0.3, -0.25) is 9.20 Å². The van der Waals surface area contributed by atoms with Crippen LogP contribution < -0.4 is 10.5 Å². The molecule has 0 saturated heterocycles. The third kappa shape index (κ3) is 4.21. The molecule has 0 unspecified atom stereocenters. The minimum atomic E-state index is -0.539. The van der Waals surface area contributed by atoms with E-state index in [9.17, 15) is 4.79 Å². The van der Waals surface area contributed by atoms with Crippen LogP contribution in [0.4, 0.5) is 0 Å². The standard InChI is InChI=1S/C21H17ClN4O2S/c1-28-15-3-5-16(6-4-15)29-19-11-25-21-24-10-14(12-26(19)21)8-13-2-7-17(20(23)27)18(22)9-13/h2-7,9-12H,8H2,1H3,(H2,23,27). The van der Waals surface area contributed by atoms with Crippen molar-refractivity contribution in [2.24, 2.45) is 5.73 Å². The Kier molecular flexibility index (Phi) is 5.42. The molecule has 0 fully saturated rings. The molecule has 0 aliphatic heterocycles. The van der Waals surface area contributed by atoms with Crippen molar-refractivity contribution in [2.45, 2.75) is 16.3 Å². The van der Waals surface area contributed by atoms with Crippen LogP contribution in [0, 0.1) is 0 Å². The maximum atomic E-state index is 11.3. The molecule has 4 rings (SSSR count). The van der Waals surface area contributed by atoms with Gasteiger partial charge in [0.05, 0.1) is 23.9 Å². The second-order valence-corrected chi connectivity index (χ2v) is 7.86. The van der Waals surface area contributed by atoms with Crippen LogP contribution in [-0.2, 0) is 6.42 Å². The first-order valence-corrected chi connectivity index (χ1v) is 9.95. The second-order valence-electron chi connectivity index (χ2n) is 6.36. The Hall–Kier alpha value is -3.03. The van der Waals surface area contributed by atoms with Crippen molar-refractivity contribution >= 4 is 35.0 Å². The number of rotatable bonds is 6. The largest absolute Gasteiger partial charge is 0.497 e. The Balaban J connectivity index is 1.59. The zero-order valence-electron chi connectivity index (χ0n) is 15.5. The maximum absolute atomic E-state index is 11.3. The van der Waals surface area contributed by atoms with Crippen molar-refractivity contribution in [1.82, 2.24) is 14.4 Å². The maximum Gasteiger partial charge on any atom is 0.250 e. The van der Waals surface area contributed by atoms with Gasteiger partial charge in [0.25, 0.3) is 0 Å². The summed E-state index contributed by atoms with van der Waals surface area (Å²) in [5.74, 6) is 0.910. The number of hydrogen-bond acceptors (Lipinski definition) is 5. The van der Waals surface area contributed by atoms with Crippen molar-refractivity contribution in [3.05, 3.63) is 82.8 Å². The molecule has 1 amide bonds. The van der Waals surface area contributed by atoms with Crippen LogP contribution >= 0.6 is 23.4 Å². The number of aromatic nitrogens is 3. The average molecular weight is 425 g/mol. The van der Waals surface area contributed by atoms with Crippen LogP contribution in [0.2, 0.25) is 5.02 Å². The van der Waals surface area contributed by atoms with Crippen LogP contribution in [0.5, 0.6) is 5.75 Å². The predicted octanol–water partition coefficient (Wildman–Crippen LogP) is 4.23. The molecule has 0 atom stereocenters. The lowest BCUT2D eigenvalue weighted by Gasteiger charge is -2.07. The van der Waals surface area contributed by atoms with E-state index < -0.39 is 5.91 Å². The predicted molar refractivity (Wildman–Crippen MR) is 113 cm³/mol. The number of imidazole rings is 1. The second kappa shape index (κ2) is 8.14. The fourth-order valence-corrected chi connectivity index (χ4v) is 4.08. The van der Waals surface area contributed by atoms with Crippen LogP contribution in [0.15, 0.2) is 71.0 Å². The number of carbonyl (C=O) groups is 1. The number of ether oxygens (including phenoxy) is 1. The zero-order chi connectivity index (χ0) is 20.4. The SMILES string of the molecule is COc1ccc(Sc2cnc3ncc(Cc4ccc(C(N)=O)c(Cl)c4)cn23)cc1. The summed E-state index contributed by atoms with van der Waals surface area (Å²) < 4.78 is 7.17. The normalized spacial score (nSPS) is 11.0. The van der Waals surface area contributed by atoms with Gasteiger partial charge in [0, 0.05) is 23.7 Å². The van der Waals surface area contributed by atoms with E-state index in [0.29, 0.717) is 22.8 Å². The summed E-state index contributed by atoms with van der Waals surface area (Å²) in [6.45, 7) is 0. The van der Waals surface area contributed by atoms with Crippen LogP contribution in [0.1, 0.15) is 21.5 Å². The number of nitrogens with zero attached hydrogens (tertiary/aromatic N) is 3. The number of carbonyl (C=O) groups excluding carboxylic acids is 1. The number of amides is 1. The van der Waals surface area contributed by atoms with Gasteiger partial charge < -0.3 is 10.5 Å². The molecule has 0 spiro atoms. The molecule has 0 radical (unpaired) electrons. The van der Waals surface area contributed by atoms with Gasteiger partial charge in [0.1, 0.15) is 10.8 Å². The molecule has 0 bridgehead atoms. The Morgan fingerprint density at radius 2 is 1.90 bits per heavy atom. The lowest BCUT2D eigenvalue weighted by atomic mass is 10.1. The topological polar surface area (TPSA) is 82.5 Å². The van der Waals surface area contributed by atoms with E-state index in [1.165, 1.54) is 0 Å². The van der Waals surface area contributed by atoms with Gasteiger partial charge in [-0.25, -0.2) is 9.97 Å². The highest BCUT2D eigenvalue weighted by atomic mass is 35.5. The summed E-state index contributed by atoms with van der Waals surface area (Å²) in [4.78, 5) is 21.2. The van der Waals surface area contributed by atoms with Crippen molar-refractivity contribution in [3.8, 4) is 5.75 Å². The first kappa shape index (κ1) is 19.3. The third-order valence-electron chi connectivity index (χ3n) is 4.37. The lowest BCUT2D eigenvalue weighted by molar-refractivity contribution is 0.100. The number of hydrogen-bond donors (Lipinski definition) is 1. The summed E-state index contributed by atoms with van der Waals surface area (Å²) in [5.41, 5.74) is 7.59. The van der Waals surface area contributed by atoms with E-state index in [1.54, 1.807) is 43.4 Å². The van der Waals surface area contributed by atoms with Crippen LogP contribution in [0.25, 0.3) is 5.78 Å². The van der Waals surface area contributed by atoms with E-state index >= 15 is 0 Å². The van der Waals surface area contributed by atoms with Gasteiger partial charge in [-0.1, -0.05) is 29.4 Å². The smallest absolute Gasteiger partial charge is 0.250 e. The van der Waals surface area contributed by atoms with Crippen LogP contribution in [0.3, 0.4) is 0 Å². The van der Waals surface area contributed by atoms with Crippen molar-refractivity contribution in [3.63, 3.8) is 0 Å². The van der Waals surface area contributed by atoms with E-state index in [-0.39, 0.29) is 0 Å². The summed E-state index contributed by atoms with van der Waals surface area (Å²) in [7, 11) is 1.65. The highest BCUT2D eigenvalue weighted by Crippen LogP contribution is 2.29. The first-order chi connectivity index (χ1) is 14.0. The highest BCUT2D eigenvalue weighted by molar-refractivity contribution is 7.99. The summed E-state index contributed by atoms with van der Waals surface area (Å²) in [5, 5.41) is 1.31. The monoisotopic (exact) mass is 424 g/mol. The average Bonchev–Trinajstić information content (AvgIpc) is 3.10. The molecule has 146 valence electrons. The van der Waals surface area contributed by atoms with E-state index in [4.69, 9.17) is 22.1 Å². The van der Waals surface area contributed by atoms with Crippen molar-refractivity contribution in [1.29, 1.82) is 0 Å². The van der Waals surface area contributed by atoms with Gasteiger partial charge in [0.2, 0.25) is 11.7 Å². The molecule has 2 aromatic heterocycles. The number of nitrogens with two attached hydrogens (primary N) is 1. The van der Waals surface area contributed by atoms with Gasteiger partial charge in [0.15, 0.2) is 0 Å². The van der Waals surface area contributed by atoms with Gasteiger partial charge in [-0.2, -0.15) is 0 Å². The number of benzene rings is 2. The molecule has 6 nitrogen and oxygen atoms in total. The fourth-order valence-electron chi connectivity index (χ4n) is 2.93. The summed E-state index contributed by atoms with van der Waals surface area (Å²) >= 11 is 7.76. The molecule has 2 aromatic carbocycles. The molecule has 8 heteroatoms. The Labute approximate surface area is 176 Å². The van der Waals surface area contributed by atoms with E-state index in [1.807, 2.05) is 40.9 Å². The fraction of sp³-hybridized carbons (Fsp3) is 0.0952. The Morgan fingerprint density at radius 1 is 1.14 bits per heavy atom. The molecule has 2 N–H and O–H groups in total. The highest BCUT2D eigenvalue weighted by Gasteiger charge is 2.10. The summed E-state index contributed by atoms with van der Waals surface area (Å²) in [6.07, 6.45) is 6.23. The van der Waals surface area contributed by atoms with Gasteiger partial charge in [-0.15, -0.1) is 0 Å². The number of methoxy groups -OCH3 is 1. The van der Waals surface area contributed by atoms with Crippen LogP contribution in [-0.4, -0.2) is 27.4 Å². The zero-order valence-corrected chi connectivity index (χ0v) is 17.1. The van der Waals surface area contributed by atoms with E-state index in [2.05, 4.69) is 9.97 Å². The van der Waals surface area contributed by atoms with Crippen molar-refractivity contribution in [2.75, 3.05) is 7.11 Å².